The SMILES string of the molecule is CCCNc1nc(CN(C)CCO)nc2sc(C)c(C)c12. The predicted molar refractivity (Wildman–Crippen MR) is 89.1 cm³/mol. The molecule has 0 saturated carbocycles. The first-order valence-electron chi connectivity index (χ1n) is 7.36. The molecule has 0 aromatic carbocycles. The van der Waals surface area contributed by atoms with Crippen molar-refractivity contribution in [2.45, 2.75) is 33.7 Å². The molecular formula is C15H24N4OS. The maximum Gasteiger partial charge on any atom is 0.146 e. The van der Waals surface area contributed by atoms with Crippen LogP contribution in [0.25, 0.3) is 10.2 Å². The summed E-state index contributed by atoms with van der Waals surface area (Å²) in [5.41, 5.74) is 1.27. The van der Waals surface area contributed by atoms with Gasteiger partial charge in [-0.2, -0.15) is 0 Å². The zero-order chi connectivity index (χ0) is 15.4. The van der Waals surface area contributed by atoms with Gasteiger partial charge in [-0.3, -0.25) is 4.90 Å². The summed E-state index contributed by atoms with van der Waals surface area (Å²) in [6, 6.07) is 0. The summed E-state index contributed by atoms with van der Waals surface area (Å²) in [5, 5.41) is 13.6. The van der Waals surface area contributed by atoms with Gasteiger partial charge in [-0.1, -0.05) is 6.92 Å². The van der Waals surface area contributed by atoms with Gasteiger partial charge in [0.05, 0.1) is 18.5 Å². The van der Waals surface area contributed by atoms with Crippen LogP contribution in [0.4, 0.5) is 5.82 Å². The lowest BCUT2D eigenvalue weighted by molar-refractivity contribution is 0.215. The average Bonchev–Trinajstić information content (AvgIpc) is 2.71. The minimum Gasteiger partial charge on any atom is -0.395 e. The number of aliphatic hydroxyl groups excluding tert-OH is 1. The maximum atomic E-state index is 9.00. The van der Waals surface area contributed by atoms with E-state index in [-0.39, 0.29) is 6.61 Å². The van der Waals surface area contributed by atoms with Crippen molar-refractivity contribution in [1.29, 1.82) is 0 Å². The number of aryl methyl sites for hydroxylation is 2. The molecule has 0 saturated heterocycles. The summed E-state index contributed by atoms with van der Waals surface area (Å²) in [5.74, 6) is 1.74. The van der Waals surface area contributed by atoms with Crippen LogP contribution in [0.15, 0.2) is 0 Å². The molecule has 6 heteroatoms. The Morgan fingerprint density at radius 2 is 2.05 bits per heavy atom. The smallest absolute Gasteiger partial charge is 0.146 e. The fourth-order valence-corrected chi connectivity index (χ4v) is 3.28. The molecule has 2 N–H and O–H groups in total. The normalized spacial score (nSPS) is 11.5. The van der Waals surface area contributed by atoms with Crippen molar-refractivity contribution < 1.29 is 5.11 Å². The van der Waals surface area contributed by atoms with Crippen LogP contribution >= 0.6 is 11.3 Å². The highest BCUT2D eigenvalue weighted by Crippen LogP contribution is 2.33. The van der Waals surface area contributed by atoms with E-state index in [0.29, 0.717) is 13.1 Å². The first kappa shape index (κ1) is 16.1. The number of likely N-dealkylation sites (N-methyl/N-ethyl adjacent to an activating group) is 1. The molecule has 2 aromatic rings. The van der Waals surface area contributed by atoms with Crippen molar-refractivity contribution in [3.63, 3.8) is 0 Å². The van der Waals surface area contributed by atoms with Crippen molar-refractivity contribution in [3.05, 3.63) is 16.3 Å². The molecule has 0 atom stereocenters. The molecule has 2 aromatic heterocycles. The Morgan fingerprint density at radius 1 is 1.29 bits per heavy atom. The number of hydrogen-bond donors (Lipinski definition) is 2. The Balaban J connectivity index is 2.39. The van der Waals surface area contributed by atoms with E-state index in [4.69, 9.17) is 15.1 Å². The highest BCUT2D eigenvalue weighted by atomic mass is 32.1. The summed E-state index contributed by atoms with van der Waals surface area (Å²) in [6.07, 6.45) is 1.06. The molecular weight excluding hydrogens is 284 g/mol. The van der Waals surface area contributed by atoms with Crippen LogP contribution in [0.3, 0.4) is 0 Å². The molecule has 0 bridgehead atoms. The summed E-state index contributed by atoms with van der Waals surface area (Å²) in [7, 11) is 1.97. The Morgan fingerprint density at radius 3 is 2.71 bits per heavy atom. The molecule has 21 heavy (non-hydrogen) atoms. The largest absolute Gasteiger partial charge is 0.395 e. The van der Waals surface area contributed by atoms with Gasteiger partial charge >= 0.3 is 0 Å². The van der Waals surface area contributed by atoms with Gasteiger partial charge in [0.2, 0.25) is 0 Å². The van der Waals surface area contributed by atoms with Crippen LogP contribution < -0.4 is 5.32 Å². The van der Waals surface area contributed by atoms with Crippen molar-refractivity contribution >= 4 is 27.4 Å². The third-order valence-corrected chi connectivity index (χ3v) is 4.61. The first-order valence-corrected chi connectivity index (χ1v) is 8.18. The summed E-state index contributed by atoms with van der Waals surface area (Å²) >= 11 is 1.72. The first-order chi connectivity index (χ1) is 10.1. The molecule has 0 aliphatic carbocycles. The Kier molecular flexibility index (Phi) is 5.50. The van der Waals surface area contributed by atoms with E-state index in [0.717, 1.165) is 34.8 Å². The molecule has 0 spiro atoms. The highest BCUT2D eigenvalue weighted by molar-refractivity contribution is 7.18. The van der Waals surface area contributed by atoms with Gasteiger partial charge in [0.1, 0.15) is 16.5 Å². The Bertz CT molecular complexity index is 611. The molecule has 2 rings (SSSR count). The number of aromatic nitrogens is 2. The average molecular weight is 308 g/mol. The Hall–Kier alpha value is -1.24. The van der Waals surface area contributed by atoms with Crippen LogP contribution in [0, 0.1) is 13.8 Å². The van der Waals surface area contributed by atoms with Crippen LogP contribution in [-0.4, -0.2) is 46.7 Å². The lowest BCUT2D eigenvalue weighted by Gasteiger charge is -2.15. The topological polar surface area (TPSA) is 61.3 Å². The quantitative estimate of drug-likeness (QED) is 0.823. The van der Waals surface area contributed by atoms with Crippen molar-refractivity contribution in [2.24, 2.45) is 0 Å². The lowest BCUT2D eigenvalue weighted by Crippen LogP contribution is -2.23. The number of hydrogen-bond acceptors (Lipinski definition) is 6. The third-order valence-electron chi connectivity index (χ3n) is 3.51. The van der Waals surface area contributed by atoms with Crippen molar-refractivity contribution in [3.8, 4) is 0 Å². The summed E-state index contributed by atoms with van der Waals surface area (Å²) < 4.78 is 0. The second kappa shape index (κ2) is 7.15. The fraction of sp³-hybridized carbons (Fsp3) is 0.600. The number of rotatable bonds is 7. The number of nitrogens with one attached hydrogen (secondary N) is 1. The van der Waals surface area contributed by atoms with Gasteiger partial charge in [-0.05, 0) is 32.9 Å². The van der Waals surface area contributed by atoms with E-state index in [2.05, 4.69) is 26.1 Å². The van der Waals surface area contributed by atoms with Gasteiger partial charge in [0, 0.05) is 18.0 Å². The van der Waals surface area contributed by atoms with Crippen LogP contribution in [0.2, 0.25) is 0 Å². The van der Waals surface area contributed by atoms with Crippen LogP contribution in [0.1, 0.15) is 29.6 Å². The number of anilines is 1. The molecule has 0 radical (unpaired) electrons. The van der Waals surface area contributed by atoms with E-state index in [1.54, 1.807) is 11.3 Å². The van der Waals surface area contributed by atoms with Crippen LogP contribution in [-0.2, 0) is 6.54 Å². The van der Waals surface area contributed by atoms with Crippen LogP contribution in [0.5, 0.6) is 0 Å². The predicted octanol–water partition coefficient (Wildman–Crippen LogP) is 2.55. The second-order valence-corrected chi connectivity index (χ2v) is 6.54. The monoisotopic (exact) mass is 308 g/mol. The minimum atomic E-state index is 0.150. The fourth-order valence-electron chi connectivity index (χ4n) is 2.23. The van der Waals surface area contributed by atoms with Crippen molar-refractivity contribution in [2.75, 3.05) is 32.1 Å². The third kappa shape index (κ3) is 3.70. The summed E-state index contributed by atoms with van der Waals surface area (Å²) in [6.45, 7) is 8.74. The van der Waals surface area contributed by atoms with Gasteiger partial charge in [0.15, 0.2) is 0 Å². The molecule has 0 fully saturated rings. The van der Waals surface area contributed by atoms with Crippen molar-refractivity contribution in [1.82, 2.24) is 14.9 Å². The number of fused-ring (bicyclic) bond motifs is 1. The maximum absolute atomic E-state index is 9.00. The molecule has 116 valence electrons. The van der Waals surface area contributed by atoms with Gasteiger partial charge < -0.3 is 10.4 Å². The lowest BCUT2D eigenvalue weighted by atomic mass is 10.2. The number of nitrogens with zero attached hydrogens (tertiary/aromatic N) is 3. The second-order valence-electron chi connectivity index (χ2n) is 5.34. The van der Waals surface area contributed by atoms with E-state index in [9.17, 15) is 0 Å². The molecule has 0 aliphatic rings. The van der Waals surface area contributed by atoms with Gasteiger partial charge in [-0.25, -0.2) is 9.97 Å². The highest BCUT2D eigenvalue weighted by Gasteiger charge is 2.15. The van der Waals surface area contributed by atoms with Gasteiger partial charge in [-0.15, -0.1) is 11.3 Å². The minimum absolute atomic E-state index is 0.150. The molecule has 5 nitrogen and oxygen atoms in total. The number of thiophene rings is 1. The number of aliphatic hydroxyl groups is 1. The van der Waals surface area contributed by atoms with Gasteiger partial charge in [0.25, 0.3) is 0 Å². The molecule has 2 heterocycles. The molecule has 0 unspecified atom stereocenters. The molecule has 0 aliphatic heterocycles. The zero-order valence-corrected chi connectivity index (χ0v) is 14.0. The Labute approximate surface area is 130 Å². The van der Waals surface area contributed by atoms with E-state index >= 15 is 0 Å². The zero-order valence-electron chi connectivity index (χ0n) is 13.2. The summed E-state index contributed by atoms with van der Waals surface area (Å²) in [4.78, 5) is 13.8. The molecule has 0 amide bonds. The van der Waals surface area contributed by atoms with E-state index in [1.165, 1.54) is 10.4 Å². The van der Waals surface area contributed by atoms with E-state index < -0.39 is 0 Å². The standard InChI is InChI=1S/C15H24N4OS/c1-5-6-16-14-13-10(2)11(3)21-15(13)18-12(17-14)9-19(4)7-8-20/h20H,5-9H2,1-4H3,(H,16,17,18). The van der Waals surface area contributed by atoms with E-state index in [1.807, 2.05) is 11.9 Å².